The summed E-state index contributed by atoms with van der Waals surface area (Å²) < 4.78 is 5.78. The Labute approximate surface area is 140 Å². The van der Waals surface area contributed by atoms with Crippen LogP contribution < -0.4 is 0 Å². The highest BCUT2D eigenvalue weighted by atomic mass is 16.4. The minimum atomic E-state index is 0.0686. The molecule has 1 aromatic carbocycles. The number of aliphatic hydroxyl groups excluding tert-OH is 1. The highest BCUT2D eigenvalue weighted by molar-refractivity contribution is 5.53. The van der Waals surface area contributed by atoms with Crippen molar-refractivity contribution in [3.05, 3.63) is 65.8 Å². The van der Waals surface area contributed by atoms with Crippen LogP contribution in [0.15, 0.2) is 53.2 Å². The number of rotatable bonds is 7. The van der Waals surface area contributed by atoms with Crippen LogP contribution in [0.1, 0.15) is 17.0 Å². The van der Waals surface area contributed by atoms with E-state index in [9.17, 15) is 5.11 Å². The molecular weight excluding hydrogens is 304 g/mol. The van der Waals surface area contributed by atoms with Crippen LogP contribution in [0.4, 0.5) is 0 Å². The second kappa shape index (κ2) is 7.81. The van der Waals surface area contributed by atoms with E-state index in [2.05, 4.69) is 15.2 Å². The van der Waals surface area contributed by atoms with Gasteiger partial charge in [-0.2, -0.15) is 0 Å². The molecule has 0 unspecified atom stereocenters. The molecule has 2 heterocycles. The fraction of sp³-hybridized carbons (Fsp3) is 0.278. The zero-order valence-corrected chi connectivity index (χ0v) is 13.6. The quantitative estimate of drug-likeness (QED) is 0.719. The van der Waals surface area contributed by atoms with Gasteiger partial charge in [-0.25, -0.2) is 0 Å². The van der Waals surface area contributed by atoms with Crippen molar-refractivity contribution in [1.29, 1.82) is 0 Å². The normalized spacial score (nSPS) is 11.1. The number of aliphatic hydroxyl groups is 1. The lowest BCUT2D eigenvalue weighted by Gasteiger charge is -2.19. The Balaban J connectivity index is 1.71. The van der Waals surface area contributed by atoms with Gasteiger partial charge < -0.3 is 9.52 Å². The standard InChI is InChI=1S/C18H20N4O2/c1-14-4-2-6-16(10-14)18-21-20-17(24-18)13-22(8-9-23)12-15-5-3-7-19-11-15/h2-7,10-11,23H,8-9,12-13H2,1H3. The second-order valence-corrected chi connectivity index (χ2v) is 5.67. The predicted molar refractivity (Wildman–Crippen MR) is 89.9 cm³/mol. The van der Waals surface area contributed by atoms with Gasteiger partial charge in [-0.05, 0) is 30.7 Å². The van der Waals surface area contributed by atoms with Gasteiger partial charge in [0.15, 0.2) is 0 Å². The van der Waals surface area contributed by atoms with Gasteiger partial charge >= 0.3 is 0 Å². The Morgan fingerprint density at radius 2 is 2.04 bits per heavy atom. The maximum absolute atomic E-state index is 9.28. The lowest BCUT2D eigenvalue weighted by molar-refractivity contribution is 0.172. The molecule has 0 bridgehead atoms. The molecule has 0 aliphatic heterocycles. The number of benzene rings is 1. The fourth-order valence-electron chi connectivity index (χ4n) is 2.51. The summed E-state index contributed by atoms with van der Waals surface area (Å²) in [5.74, 6) is 1.04. The Hall–Kier alpha value is -2.57. The molecule has 0 saturated heterocycles. The van der Waals surface area contributed by atoms with Crippen LogP contribution in [0.25, 0.3) is 11.5 Å². The Morgan fingerprint density at radius 3 is 2.79 bits per heavy atom. The topological polar surface area (TPSA) is 75.3 Å². The summed E-state index contributed by atoms with van der Waals surface area (Å²) in [6.45, 7) is 3.76. The molecule has 3 rings (SSSR count). The molecular formula is C18H20N4O2. The third-order valence-corrected chi connectivity index (χ3v) is 3.64. The third-order valence-electron chi connectivity index (χ3n) is 3.64. The van der Waals surface area contributed by atoms with E-state index < -0.39 is 0 Å². The van der Waals surface area contributed by atoms with E-state index >= 15 is 0 Å². The van der Waals surface area contributed by atoms with E-state index in [1.165, 1.54) is 0 Å². The van der Waals surface area contributed by atoms with Gasteiger partial charge in [0, 0.05) is 31.0 Å². The van der Waals surface area contributed by atoms with Crippen molar-refractivity contribution in [2.75, 3.05) is 13.2 Å². The highest BCUT2D eigenvalue weighted by Crippen LogP contribution is 2.19. The number of nitrogens with zero attached hydrogens (tertiary/aromatic N) is 4. The van der Waals surface area contributed by atoms with Crippen LogP contribution >= 0.6 is 0 Å². The van der Waals surface area contributed by atoms with Crippen LogP contribution in [-0.4, -0.2) is 38.3 Å². The highest BCUT2D eigenvalue weighted by Gasteiger charge is 2.13. The smallest absolute Gasteiger partial charge is 0.247 e. The molecule has 124 valence electrons. The van der Waals surface area contributed by atoms with Crippen molar-refractivity contribution in [3.63, 3.8) is 0 Å². The van der Waals surface area contributed by atoms with E-state index in [1.807, 2.05) is 54.4 Å². The van der Waals surface area contributed by atoms with Gasteiger partial charge in [-0.1, -0.05) is 23.8 Å². The first-order chi connectivity index (χ1) is 11.7. The van der Waals surface area contributed by atoms with Crippen LogP contribution in [-0.2, 0) is 13.1 Å². The molecule has 0 saturated carbocycles. The molecule has 3 aromatic rings. The number of aryl methyl sites for hydroxylation is 1. The predicted octanol–water partition coefficient (Wildman–Crippen LogP) is 2.43. The van der Waals surface area contributed by atoms with Gasteiger partial charge in [0.25, 0.3) is 0 Å². The summed E-state index contributed by atoms with van der Waals surface area (Å²) in [5, 5.41) is 17.5. The van der Waals surface area contributed by atoms with E-state index in [-0.39, 0.29) is 6.61 Å². The van der Waals surface area contributed by atoms with Gasteiger partial charge in [0.1, 0.15) is 0 Å². The molecule has 0 amide bonds. The summed E-state index contributed by atoms with van der Waals surface area (Å²) >= 11 is 0. The van der Waals surface area contributed by atoms with E-state index in [0.29, 0.717) is 31.4 Å². The number of hydrogen-bond acceptors (Lipinski definition) is 6. The third kappa shape index (κ3) is 4.24. The maximum atomic E-state index is 9.28. The summed E-state index contributed by atoms with van der Waals surface area (Å²) in [5.41, 5.74) is 3.13. The van der Waals surface area contributed by atoms with Gasteiger partial charge in [-0.15, -0.1) is 10.2 Å². The zero-order valence-electron chi connectivity index (χ0n) is 13.6. The zero-order chi connectivity index (χ0) is 16.8. The van der Waals surface area contributed by atoms with Gasteiger partial charge in [0.2, 0.25) is 11.8 Å². The number of aromatic nitrogens is 3. The van der Waals surface area contributed by atoms with Crippen molar-refractivity contribution in [1.82, 2.24) is 20.1 Å². The summed E-state index contributed by atoms with van der Waals surface area (Å²) in [6, 6.07) is 11.9. The molecule has 0 fully saturated rings. The van der Waals surface area contributed by atoms with E-state index in [0.717, 1.165) is 16.7 Å². The largest absolute Gasteiger partial charge is 0.419 e. The van der Waals surface area contributed by atoms with Gasteiger partial charge in [-0.3, -0.25) is 9.88 Å². The van der Waals surface area contributed by atoms with Crippen LogP contribution in [0, 0.1) is 6.92 Å². The van der Waals surface area contributed by atoms with Crippen molar-refractivity contribution >= 4 is 0 Å². The first-order valence-corrected chi connectivity index (χ1v) is 7.86. The first-order valence-electron chi connectivity index (χ1n) is 7.86. The monoisotopic (exact) mass is 324 g/mol. The van der Waals surface area contributed by atoms with Gasteiger partial charge in [0.05, 0.1) is 13.2 Å². The van der Waals surface area contributed by atoms with Crippen LogP contribution in [0.2, 0.25) is 0 Å². The molecule has 6 heteroatoms. The molecule has 1 N–H and O–H groups in total. The first kappa shape index (κ1) is 16.3. The van der Waals surface area contributed by atoms with Crippen molar-refractivity contribution in [2.45, 2.75) is 20.0 Å². The van der Waals surface area contributed by atoms with E-state index in [4.69, 9.17) is 4.42 Å². The van der Waals surface area contributed by atoms with Crippen LogP contribution in [0.5, 0.6) is 0 Å². The molecule has 0 spiro atoms. The minimum absolute atomic E-state index is 0.0686. The number of hydrogen-bond donors (Lipinski definition) is 1. The molecule has 0 aliphatic carbocycles. The van der Waals surface area contributed by atoms with E-state index in [1.54, 1.807) is 6.20 Å². The van der Waals surface area contributed by atoms with Crippen molar-refractivity contribution < 1.29 is 9.52 Å². The molecule has 24 heavy (non-hydrogen) atoms. The van der Waals surface area contributed by atoms with Crippen molar-refractivity contribution in [2.24, 2.45) is 0 Å². The summed E-state index contributed by atoms with van der Waals surface area (Å²) in [6.07, 6.45) is 3.56. The second-order valence-electron chi connectivity index (χ2n) is 5.67. The Bertz CT molecular complexity index is 773. The molecule has 0 aliphatic rings. The molecule has 2 aromatic heterocycles. The van der Waals surface area contributed by atoms with Crippen LogP contribution in [0.3, 0.4) is 0 Å². The average molecular weight is 324 g/mol. The maximum Gasteiger partial charge on any atom is 0.247 e. The Kier molecular flexibility index (Phi) is 5.30. The molecule has 6 nitrogen and oxygen atoms in total. The van der Waals surface area contributed by atoms with Crippen molar-refractivity contribution in [3.8, 4) is 11.5 Å². The molecule has 0 atom stereocenters. The molecule has 0 radical (unpaired) electrons. The lowest BCUT2D eigenvalue weighted by atomic mass is 10.1. The summed E-state index contributed by atoms with van der Waals surface area (Å²) in [4.78, 5) is 6.16. The minimum Gasteiger partial charge on any atom is -0.419 e. The average Bonchev–Trinajstić information content (AvgIpc) is 3.04. The number of pyridine rings is 1. The summed E-state index contributed by atoms with van der Waals surface area (Å²) in [7, 11) is 0. The Morgan fingerprint density at radius 1 is 1.12 bits per heavy atom. The fourth-order valence-corrected chi connectivity index (χ4v) is 2.51. The SMILES string of the molecule is Cc1cccc(-c2nnc(CN(CCO)Cc3cccnc3)o2)c1. The lowest BCUT2D eigenvalue weighted by Crippen LogP contribution is -2.26.